The van der Waals surface area contributed by atoms with Gasteiger partial charge in [-0.05, 0) is 48.6 Å². The number of anilines is 1. The van der Waals surface area contributed by atoms with E-state index in [1.807, 2.05) is 36.4 Å². The van der Waals surface area contributed by atoms with E-state index in [-0.39, 0.29) is 36.5 Å². The van der Waals surface area contributed by atoms with Crippen molar-refractivity contribution in [2.24, 2.45) is 0 Å². The zero-order valence-electron chi connectivity index (χ0n) is 18.7. The van der Waals surface area contributed by atoms with E-state index in [0.717, 1.165) is 22.0 Å². The topological polar surface area (TPSA) is 69.7 Å². The van der Waals surface area contributed by atoms with Gasteiger partial charge in [-0.3, -0.25) is 14.4 Å². The second-order valence-electron chi connectivity index (χ2n) is 8.18. The van der Waals surface area contributed by atoms with Crippen LogP contribution in [0.3, 0.4) is 0 Å². The number of nitrogens with zero attached hydrogens (tertiary/aromatic N) is 2. The Kier molecular flexibility index (Phi) is 6.40. The van der Waals surface area contributed by atoms with Gasteiger partial charge in [-0.1, -0.05) is 36.4 Å². The first-order valence-corrected chi connectivity index (χ1v) is 11.0. The molecule has 0 bridgehead atoms. The summed E-state index contributed by atoms with van der Waals surface area (Å²) in [7, 11) is 1.52. The fraction of sp³-hybridized carbons (Fsp3) is 0.269. The van der Waals surface area contributed by atoms with Crippen LogP contribution in [0.15, 0.2) is 60.7 Å². The second-order valence-corrected chi connectivity index (χ2v) is 8.18. The molecule has 1 atom stereocenters. The average Bonchev–Trinajstić information content (AvgIpc) is 3.10. The quantitative estimate of drug-likeness (QED) is 0.570. The van der Waals surface area contributed by atoms with Gasteiger partial charge < -0.3 is 15.1 Å². The van der Waals surface area contributed by atoms with Crippen molar-refractivity contribution in [2.75, 3.05) is 18.5 Å². The molecule has 1 aliphatic rings. The molecule has 0 saturated carbocycles. The lowest BCUT2D eigenvalue weighted by atomic mass is 10.1. The van der Waals surface area contributed by atoms with Gasteiger partial charge in [-0.2, -0.15) is 0 Å². The third-order valence-electron chi connectivity index (χ3n) is 6.10. The van der Waals surface area contributed by atoms with E-state index in [4.69, 9.17) is 0 Å². The lowest BCUT2D eigenvalue weighted by molar-refractivity contribution is -0.140. The molecule has 0 aliphatic carbocycles. The van der Waals surface area contributed by atoms with Gasteiger partial charge in [-0.25, -0.2) is 4.39 Å². The van der Waals surface area contributed by atoms with Gasteiger partial charge in [-0.15, -0.1) is 0 Å². The van der Waals surface area contributed by atoms with Crippen LogP contribution >= 0.6 is 0 Å². The van der Waals surface area contributed by atoms with Crippen molar-refractivity contribution in [2.45, 2.75) is 32.4 Å². The Bertz CT molecular complexity index is 1200. The molecule has 1 unspecified atom stereocenters. The number of rotatable bonds is 8. The predicted octanol–water partition coefficient (Wildman–Crippen LogP) is 3.88. The van der Waals surface area contributed by atoms with Crippen molar-refractivity contribution in [3.63, 3.8) is 0 Å². The number of amides is 3. The zero-order chi connectivity index (χ0) is 23.5. The van der Waals surface area contributed by atoms with Crippen molar-refractivity contribution < 1.29 is 18.8 Å². The number of carbonyl (C=O) groups excluding carboxylic acids is 3. The maximum absolute atomic E-state index is 13.3. The summed E-state index contributed by atoms with van der Waals surface area (Å²) in [4.78, 5) is 41.5. The lowest BCUT2D eigenvalue weighted by Crippen LogP contribution is -2.46. The van der Waals surface area contributed by atoms with Gasteiger partial charge in [0.25, 0.3) is 5.91 Å². The number of nitrogens with one attached hydrogen (secondary N) is 1. The maximum Gasteiger partial charge on any atom is 0.258 e. The molecule has 3 aromatic rings. The summed E-state index contributed by atoms with van der Waals surface area (Å²) in [5, 5.41) is 4.54. The lowest BCUT2D eigenvalue weighted by Gasteiger charge is -2.29. The van der Waals surface area contributed by atoms with Crippen molar-refractivity contribution in [3.05, 3.63) is 77.6 Å². The van der Waals surface area contributed by atoms with Crippen LogP contribution in [-0.2, 0) is 16.1 Å². The van der Waals surface area contributed by atoms with Crippen LogP contribution in [-0.4, -0.2) is 42.3 Å². The van der Waals surface area contributed by atoms with Crippen molar-refractivity contribution >= 4 is 34.2 Å². The van der Waals surface area contributed by atoms with Crippen molar-refractivity contribution in [1.82, 2.24) is 10.2 Å². The first kappa shape index (κ1) is 22.5. The molecular formula is C26H26FN3O3. The summed E-state index contributed by atoms with van der Waals surface area (Å²) in [6.45, 7) is 2.26. The van der Waals surface area contributed by atoms with E-state index < -0.39 is 6.04 Å². The maximum atomic E-state index is 13.3. The highest BCUT2D eigenvalue weighted by Gasteiger charge is 2.30. The first-order valence-electron chi connectivity index (χ1n) is 11.0. The number of likely N-dealkylation sites (N-methyl/N-ethyl adjacent to an activating group) is 1. The van der Waals surface area contributed by atoms with Crippen LogP contribution in [0.25, 0.3) is 10.8 Å². The molecule has 0 fully saturated rings. The Balaban J connectivity index is 1.45. The number of carbonyl (C=O) groups is 3. The van der Waals surface area contributed by atoms with Crippen LogP contribution in [0, 0.1) is 5.82 Å². The van der Waals surface area contributed by atoms with Gasteiger partial charge >= 0.3 is 0 Å². The van der Waals surface area contributed by atoms with Crippen molar-refractivity contribution in [3.8, 4) is 0 Å². The highest BCUT2D eigenvalue weighted by Crippen LogP contribution is 2.37. The van der Waals surface area contributed by atoms with Crippen LogP contribution in [0.1, 0.15) is 35.7 Å². The minimum atomic E-state index is -0.682. The first-order chi connectivity index (χ1) is 15.9. The van der Waals surface area contributed by atoms with Gasteiger partial charge in [0, 0.05) is 37.5 Å². The fourth-order valence-electron chi connectivity index (χ4n) is 4.31. The molecule has 170 valence electrons. The van der Waals surface area contributed by atoms with E-state index in [0.29, 0.717) is 18.5 Å². The standard InChI is InChI=1S/C26H26FN3O3/c1-17(25(32)28-2)30(16-18-11-13-20(27)14-12-18)23(31)10-5-15-29-22-9-4-7-19-6-3-8-21(24(19)22)26(29)33/h3-4,6-9,11-14,17H,5,10,15-16H2,1-2H3,(H,28,32). The normalized spacial score (nSPS) is 13.3. The highest BCUT2D eigenvalue weighted by atomic mass is 19.1. The summed E-state index contributed by atoms with van der Waals surface area (Å²) in [6.07, 6.45) is 0.633. The van der Waals surface area contributed by atoms with Crippen LogP contribution in [0.2, 0.25) is 0 Å². The number of halogens is 1. The van der Waals surface area contributed by atoms with Gasteiger partial charge in [0.15, 0.2) is 0 Å². The fourth-order valence-corrected chi connectivity index (χ4v) is 4.31. The van der Waals surface area contributed by atoms with E-state index >= 15 is 0 Å². The molecule has 0 spiro atoms. The zero-order valence-corrected chi connectivity index (χ0v) is 18.7. The highest BCUT2D eigenvalue weighted by molar-refractivity contribution is 6.25. The molecule has 7 heteroatoms. The minimum Gasteiger partial charge on any atom is -0.357 e. The summed E-state index contributed by atoms with van der Waals surface area (Å²) in [6, 6.07) is 16.7. The smallest absolute Gasteiger partial charge is 0.258 e. The second kappa shape index (κ2) is 9.40. The third kappa shape index (κ3) is 4.44. The van der Waals surface area contributed by atoms with Gasteiger partial charge in [0.1, 0.15) is 11.9 Å². The molecule has 0 saturated heterocycles. The summed E-state index contributed by atoms with van der Waals surface area (Å²) >= 11 is 0. The molecule has 1 heterocycles. The molecule has 33 heavy (non-hydrogen) atoms. The molecule has 0 aromatic heterocycles. The van der Waals surface area contributed by atoms with E-state index in [9.17, 15) is 18.8 Å². The van der Waals surface area contributed by atoms with Gasteiger partial charge in [0.2, 0.25) is 11.8 Å². The van der Waals surface area contributed by atoms with E-state index in [2.05, 4.69) is 5.32 Å². The summed E-state index contributed by atoms with van der Waals surface area (Å²) < 4.78 is 13.3. The minimum absolute atomic E-state index is 0.0591. The summed E-state index contributed by atoms with van der Waals surface area (Å²) in [5.74, 6) is -0.890. The molecular weight excluding hydrogens is 421 g/mol. The number of hydrogen-bond acceptors (Lipinski definition) is 3. The Morgan fingerprint density at radius 3 is 2.45 bits per heavy atom. The average molecular weight is 448 g/mol. The molecule has 3 amide bonds. The van der Waals surface area contributed by atoms with Crippen LogP contribution < -0.4 is 10.2 Å². The SMILES string of the molecule is CNC(=O)C(C)N(Cc1ccc(F)cc1)C(=O)CCCN1C(=O)c2cccc3cccc1c23. The molecule has 4 rings (SSSR count). The number of hydrogen-bond donors (Lipinski definition) is 1. The summed E-state index contributed by atoms with van der Waals surface area (Å²) in [5.41, 5.74) is 2.28. The monoisotopic (exact) mass is 447 g/mol. The molecule has 1 N–H and O–H groups in total. The van der Waals surface area contributed by atoms with E-state index in [1.54, 1.807) is 24.0 Å². The largest absolute Gasteiger partial charge is 0.357 e. The van der Waals surface area contributed by atoms with Crippen molar-refractivity contribution in [1.29, 1.82) is 0 Å². The van der Waals surface area contributed by atoms with E-state index in [1.165, 1.54) is 24.1 Å². The predicted molar refractivity (Wildman–Crippen MR) is 125 cm³/mol. The van der Waals surface area contributed by atoms with Crippen LogP contribution in [0.4, 0.5) is 10.1 Å². The Morgan fingerprint density at radius 2 is 1.76 bits per heavy atom. The van der Waals surface area contributed by atoms with Gasteiger partial charge in [0.05, 0.1) is 5.69 Å². The Morgan fingerprint density at radius 1 is 1.06 bits per heavy atom. The number of benzene rings is 3. The molecule has 3 aromatic carbocycles. The third-order valence-corrected chi connectivity index (χ3v) is 6.10. The molecule has 6 nitrogen and oxygen atoms in total. The Hall–Kier alpha value is -3.74. The van der Waals surface area contributed by atoms with Crippen LogP contribution in [0.5, 0.6) is 0 Å². The Labute approximate surface area is 192 Å². The molecule has 0 radical (unpaired) electrons. The molecule has 1 aliphatic heterocycles.